The molecule has 0 aliphatic heterocycles. The van der Waals surface area contributed by atoms with Crippen molar-refractivity contribution in [1.82, 2.24) is 29.3 Å². The highest BCUT2D eigenvalue weighted by Crippen LogP contribution is 2.26. The molecule has 31 heavy (non-hydrogen) atoms. The van der Waals surface area contributed by atoms with Gasteiger partial charge in [0.1, 0.15) is 18.2 Å². The summed E-state index contributed by atoms with van der Waals surface area (Å²) in [7, 11) is 0. The van der Waals surface area contributed by atoms with Crippen molar-refractivity contribution >= 4 is 28.3 Å². The predicted molar refractivity (Wildman–Crippen MR) is 116 cm³/mol. The van der Waals surface area contributed by atoms with Gasteiger partial charge in [0.25, 0.3) is 0 Å². The van der Waals surface area contributed by atoms with Gasteiger partial charge in [0, 0.05) is 47.3 Å². The van der Waals surface area contributed by atoms with Crippen molar-refractivity contribution in [3.05, 3.63) is 65.9 Å². The van der Waals surface area contributed by atoms with E-state index < -0.39 is 0 Å². The van der Waals surface area contributed by atoms with Crippen molar-refractivity contribution in [3.63, 3.8) is 0 Å². The van der Waals surface area contributed by atoms with Crippen LogP contribution in [-0.2, 0) is 11.3 Å². The molecule has 0 saturated carbocycles. The molecule has 1 amide bonds. The summed E-state index contributed by atoms with van der Waals surface area (Å²) >= 11 is 0. The zero-order valence-corrected chi connectivity index (χ0v) is 17.8. The van der Waals surface area contributed by atoms with E-state index in [9.17, 15) is 9.59 Å². The van der Waals surface area contributed by atoms with E-state index >= 15 is 0 Å². The van der Waals surface area contributed by atoms with Crippen LogP contribution < -0.4 is 5.32 Å². The van der Waals surface area contributed by atoms with Gasteiger partial charge in [-0.05, 0) is 39.8 Å². The normalized spacial score (nSPS) is 11.3. The standard InChI is InChI=1S/C22H23N7O2/c1-13(2)28-11-19(18-10-23-6-5-20(18)28)22(31)16-7-17(9-24-8-16)26-21(30)12-29-15(4)25-14(3)27-29/h5-11,13H,12H2,1-4H3,(H,26,30). The molecule has 0 aromatic carbocycles. The highest BCUT2D eigenvalue weighted by atomic mass is 16.2. The van der Waals surface area contributed by atoms with Gasteiger partial charge in [-0.15, -0.1) is 0 Å². The molecule has 9 nitrogen and oxygen atoms in total. The molecule has 4 heterocycles. The average molecular weight is 417 g/mol. The van der Waals surface area contributed by atoms with E-state index in [1.807, 2.05) is 16.8 Å². The summed E-state index contributed by atoms with van der Waals surface area (Å²) in [6, 6.07) is 3.72. The van der Waals surface area contributed by atoms with E-state index in [4.69, 9.17) is 0 Å². The first kappa shape index (κ1) is 20.4. The first-order valence-corrected chi connectivity index (χ1v) is 9.95. The molecule has 0 atom stereocenters. The molecule has 0 aliphatic carbocycles. The summed E-state index contributed by atoms with van der Waals surface area (Å²) in [5, 5.41) is 7.75. The number of rotatable bonds is 6. The van der Waals surface area contributed by atoms with Gasteiger partial charge in [-0.3, -0.25) is 19.6 Å². The molecule has 0 unspecified atom stereocenters. The van der Waals surface area contributed by atoms with Gasteiger partial charge in [-0.1, -0.05) is 0 Å². The Hall–Kier alpha value is -3.88. The van der Waals surface area contributed by atoms with Crippen LogP contribution in [-0.4, -0.2) is 41.0 Å². The third-order valence-corrected chi connectivity index (χ3v) is 4.98. The second-order valence-electron chi connectivity index (χ2n) is 7.64. The fraction of sp³-hybridized carbons (Fsp3) is 0.273. The molecule has 0 spiro atoms. The van der Waals surface area contributed by atoms with Crippen LogP contribution in [0.4, 0.5) is 5.69 Å². The van der Waals surface area contributed by atoms with Gasteiger partial charge >= 0.3 is 0 Å². The molecular formula is C22H23N7O2. The zero-order valence-electron chi connectivity index (χ0n) is 17.8. The molecule has 4 rings (SSSR count). The van der Waals surface area contributed by atoms with E-state index in [1.165, 1.54) is 17.1 Å². The smallest absolute Gasteiger partial charge is 0.246 e. The third-order valence-electron chi connectivity index (χ3n) is 4.98. The van der Waals surface area contributed by atoms with E-state index in [0.717, 1.165) is 10.9 Å². The number of amides is 1. The van der Waals surface area contributed by atoms with Crippen LogP contribution >= 0.6 is 0 Å². The van der Waals surface area contributed by atoms with Gasteiger partial charge in [0.15, 0.2) is 5.78 Å². The van der Waals surface area contributed by atoms with E-state index in [-0.39, 0.29) is 24.3 Å². The first-order valence-electron chi connectivity index (χ1n) is 9.95. The van der Waals surface area contributed by atoms with Crippen LogP contribution in [0.15, 0.2) is 43.1 Å². The summed E-state index contributed by atoms with van der Waals surface area (Å²) < 4.78 is 3.58. The Morgan fingerprint density at radius 1 is 1.13 bits per heavy atom. The number of ketones is 1. The summed E-state index contributed by atoms with van der Waals surface area (Å²) in [4.78, 5) is 38.2. The number of carbonyl (C=O) groups is 2. The number of anilines is 1. The van der Waals surface area contributed by atoms with Crippen LogP contribution in [0, 0.1) is 13.8 Å². The zero-order chi connectivity index (χ0) is 22.1. The van der Waals surface area contributed by atoms with Crippen LogP contribution in [0.2, 0.25) is 0 Å². The molecule has 0 bridgehead atoms. The van der Waals surface area contributed by atoms with Crippen LogP contribution in [0.3, 0.4) is 0 Å². The van der Waals surface area contributed by atoms with Gasteiger partial charge in [0.2, 0.25) is 5.91 Å². The van der Waals surface area contributed by atoms with Crippen molar-refractivity contribution in [2.75, 3.05) is 5.32 Å². The second-order valence-corrected chi connectivity index (χ2v) is 7.64. The topological polar surface area (TPSA) is 108 Å². The Morgan fingerprint density at radius 3 is 2.65 bits per heavy atom. The lowest BCUT2D eigenvalue weighted by atomic mass is 10.1. The van der Waals surface area contributed by atoms with Crippen molar-refractivity contribution in [1.29, 1.82) is 0 Å². The lowest BCUT2D eigenvalue weighted by Crippen LogP contribution is -2.20. The lowest BCUT2D eigenvalue weighted by Gasteiger charge is -2.08. The quantitative estimate of drug-likeness (QED) is 0.483. The van der Waals surface area contributed by atoms with Crippen molar-refractivity contribution in [2.45, 2.75) is 40.3 Å². The summed E-state index contributed by atoms with van der Waals surface area (Å²) in [5.41, 5.74) is 2.33. The van der Waals surface area contributed by atoms with Crippen LogP contribution in [0.1, 0.15) is 47.5 Å². The minimum absolute atomic E-state index is 0.0262. The molecule has 158 valence electrons. The molecular weight excluding hydrogens is 394 g/mol. The molecule has 0 fully saturated rings. The monoisotopic (exact) mass is 417 g/mol. The largest absolute Gasteiger partial charge is 0.344 e. The molecule has 0 radical (unpaired) electrons. The summed E-state index contributed by atoms with van der Waals surface area (Å²) in [6.07, 6.45) is 8.26. The van der Waals surface area contributed by atoms with E-state index in [0.29, 0.717) is 28.5 Å². The highest BCUT2D eigenvalue weighted by Gasteiger charge is 2.19. The fourth-order valence-electron chi connectivity index (χ4n) is 3.54. The minimum atomic E-state index is -0.278. The number of pyridine rings is 2. The summed E-state index contributed by atoms with van der Waals surface area (Å²) in [5.74, 6) is 0.809. The van der Waals surface area contributed by atoms with Gasteiger partial charge in [-0.25, -0.2) is 9.67 Å². The molecule has 9 heteroatoms. The van der Waals surface area contributed by atoms with Gasteiger partial charge < -0.3 is 9.88 Å². The maximum atomic E-state index is 13.3. The molecule has 0 aliphatic rings. The predicted octanol–water partition coefficient (Wildman–Crippen LogP) is 3.09. The van der Waals surface area contributed by atoms with Crippen LogP contribution in [0.5, 0.6) is 0 Å². The Kier molecular flexibility index (Phi) is 5.33. The Labute approximate surface area is 179 Å². The maximum absolute atomic E-state index is 13.3. The fourth-order valence-corrected chi connectivity index (χ4v) is 3.54. The average Bonchev–Trinajstić information content (AvgIpc) is 3.27. The minimum Gasteiger partial charge on any atom is -0.344 e. The van der Waals surface area contributed by atoms with E-state index in [2.05, 4.69) is 39.2 Å². The number of aromatic nitrogens is 6. The van der Waals surface area contributed by atoms with E-state index in [1.54, 1.807) is 32.3 Å². The number of fused-ring (bicyclic) bond motifs is 1. The van der Waals surface area contributed by atoms with Crippen LogP contribution in [0.25, 0.3) is 10.9 Å². The van der Waals surface area contributed by atoms with Crippen molar-refractivity contribution < 1.29 is 9.59 Å². The number of hydrogen-bond donors (Lipinski definition) is 1. The van der Waals surface area contributed by atoms with Crippen molar-refractivity contribution in [3.8, 4) is 0 Å². The second kappa shape index (κ2) is 8.10. The molecule has 0 saturated heterocycles. The third kappa shape index (κ3) is 4.07. The molecule has 1 N–H and O–H groups in total. The Balaban J connectivity index is 1.58. The number of aryl methyl sites for hydroxylation is 2. The summed E-state index contributed by atoms with van der Waals surface area (Å²) in [6.45, 7) is 7.70. The molecule has 4 aromatic rings. The lowest BCUT2D eigenvalue weighted by molar-refractivity contribution is -0.116. The number of carbonyl (C=O) groups excluding carboxylic acids is 2. The Bertz CT molecular complexity index is 1290. The molecule has 4 aromatic heterocycles. The maximum Gasteiger partial charge on any atom is 0.246 e. The van der Waals surface area contributed by atoms with Gasteiger partial charge in [0.05, 0.1) is 17.4 Å². The highest BCUT2D eigenvalue weighted by molar-refractivity contribution is 6.16. The first-order chi connectivity index (χ1) is 14.8. The Morgan fingerprint density at radius 2 is 1.94 bits per heavy atom. The van der Waals surface area contributed by atoms with Gasteiger partial charge in [-0.2, -0.15) is 5.10 Å². The number of nitrogens with zero attached hydrogens (tertiary/aromatic N) is 6. The van der Waals surface area contributed by atoms with Crippen molar-refractivity contribution in [2.24, 2.45) is 0 Å². The number of hydrogen-bond acceptors (Lipinski definition) is 6. The SMILES string of the molecule is Cc1nc(C)n(CC(=O)Nc2cncc(C(=O)c3cn(C(C)C)c4ccncc34)c2)n1. The number of nitrogens with one attached hydrogen (secondary N) is 1.